The van der Waals surface area contributed by atoms with Crippen LogP contribution in [0.5, 0.6) is 0 Å². The molecule has 106 valence electrons. The Morgan fingerprint density at radius 2 is 2.10 bits per heavy atom. The van der Waals surface area contributed by atoms with E-state index in [-0.39, 0.29) is 0 Å². The molecule has 3 aromatic heterocycles. The lowest BCUT2D eigenvalue weighted by Gasteiger charge is -2.21. The molecule has 4 heterocycles. The van der Waals surface area contributed by atoms with Crippen molar-refractivity contribution in [2.75, 3.05) is 11.4 Å². The number of hydrogen-bond acceptors (Lipinski definition) is 5. The van der Waals surface area contributed by atoms with Crippen LogP contribution in [-0.4, -0.2) is 31.5 Å². The summed E-state index contributed by atoms with van der Waals surface area (Å²) < 4.78 is 1.96. The maximum atomic E-state index is 5.96. The fourth-order valence-electron chi connectivity index (χ4n) is 2.62. The van der Waals surface area contributed by atoms with Gasteiger partial charge in [0, 0.05) is 24.7 Å². The quantitative estimate of drug-likeness (QED) is 0.690. The van der Waals surface area contributed by atoms with Gasteiger partial charge in [0.1, 0.15) is 5.82 Å². The van der Waals surface area contributed by atoms with Crippen molar-refractivity contribution in [3.05, 3.63) is 41.3 Å². The van der Waals surface area contributed by atoms with Gasteiger partial charge in [-0.05, 0) is 24.6 Å². The van der Waals surface area contributed by atoms with E-state index in [1.54, 1.807) is 6.20 Å². The summed E-state index contributed by atoms with van der Waals surface area (Å²) in [5.74, 6) is 0.923. The van der Waals surface area contributed by atoms with E-state index in [9.17, 15) is 0 Å². The van der Waals surface area contributed by atoms with Gasteiger partial charge >= 0.3 is 0 Å². The Morgan fingerprint density at radius 3 is 3.05 bits per heavy atom. The molecule has 0 fully saturated rings. The van der Waals surface area contributed by atoms with Crippen molar-refractivity contribution in [3.8, 4) is 0 Å². The van der Waals surface area contributed by atoms with Crippen LogP contribution < -0.4 is 4.90 Å². The molecule has 0 aliphatic carbocycles. The van der Waals surface area contributed by atoms with Gasteiger partial charge in [0.25, 0.3) is 0 Å². The average Bonchev–Trinajstić information content (AvgIpc) is 2.84. The fourth-order valence-corrected chi connectivity index (χ4v) is 2.79. The first kappa shape index (κ1) is 12.5. The minimum atomic E-state index is 0.627. The maximum absolute atomic E-state index is 5.96. The molecule has 3 aromatic rings. The molecule has 0 saturated carbocycles. The third kappa shape index (κ3) is 2.31. The Bertz CT molecular complexity index is 799. The number of aromatic nitrogens is 5. The Morgan fingerprint density at radius 1 is 1.14 bits per heavy atom. The van der Waals surface area contributed by atoms with Crippen molar-refractivity contribution in [2.45, 2.75) is 19.5 Å². The lowest BCUT2D eigenvalue weighted by molar-refractivity contribution is 0.569. The summed E-state index contributed by atoms with van der Waals surface area (Å²) in [5, 5.41) is 9.65. The third-order valence-corrected chi connectivity index (χ3v) is 3.87. The SMILES string of the molecule is Clc1cnc2nc(N3CCCn4nncc4C3)ccc2c1. The van der Waals surface area contributed by atoms with Crippen molar-refractivity contribution in [3.63, 3.8) is 0 Å². The van der Waals surface area contributed by atoms with E-state index in [0.29, 0.717) is 10.7 Å². The zero-order valence-corrected chi connectivity index (χ0v) is 12.0. The molecule has 0 unspecified atom stereocenters. The minimum Gasteiger partial charge on any atom is -0.351 e. The van der Waals surface area contributed by atoms with Gasteiger partial charge in [-0.1, -0.05) is 16.8 Å². The zero-order valence-electron chi connectivity index (χ0n) is 11.3. The predicted molar refractivity (Wildman–Crippen MR) is 80.2 cm³/mol. The largest absolute Gasteiger partial charge is 0.351 e. The minimum absolute atomic E-state index is 0.627. The molecule has 6 nitrogen and oxygen atoms in total. The molecule has 1 aliphatic rings. The molecule has 0 amide bonds. The third-order valence-electron chi connectivity index (χ3n) is 3.67. The molecule has 0 saturated heterocycles. The lowest BCUT2D eigenvalue weighted by atomic mass is 10.2. The summed E-state index contributed by atoms with van der Waals surface area (Å²) >= 11 is 5.96. The van der Waals surface area contributed by atoms with Crippen molar-refractivity contribution in [1.82, 2.24) is 25.0 Å². The summed E-state index contributed by atoms with van der Waals surface area (Å²) in [6.07, 6.45) is 4.46. The fraction of sp³-hybridized carbons (Fsp3) is 0.286. The van der Waals surface area contributed by atoms with Crippen LogP contribution in [-0.2, 0) is 13.1 Å². The van der Waals surface area contributed by atoms with Crippen LogP contribution in [0, 0.1) is 0 Å². The van der Waals surface area contributed by atoms with Crippen LogP contribution in [0.4, 0.5) is 5.82 Å². The van der Waals surface area contributed by atoms with Crippen molar-refractivity contribution < 1.29 is 0 Å². The highest BCUT2D eigenvalue weighted by molar-refractivity contribution is 6.31. The summed E-state index contributed by atoms with van der Waals surface area (Å²) in [7, 11) is 0. The molecule has 0 radical (unpaired) electrons. The average molecular weight is 301 g/mol. The van der Waals surface area contributed by atoms with E-state index >= 15 is 0 Å². The highest BCUT2D eigenvalue weighted by Crippen LogP contribution is 2.22. The Labute approximate surface area is 126 Å². The van der Waals surface area contributed by atoms with Crippen molar-refractivity contribution in [2.24, 2.45) is 0 Å². The Balaban J connectivity index is 1.71. The molecule has 0 atom stereocenters. The lowest BCUT2D eigenvalue weighted by Crippen LogP contribution is -2.23. The number of rotatable bonds is 1. The van der Waals surface area contributed by atoms with Crippen LogP contribution in [0.2, 0.25) is 5.02 Å². The normalized spacial score (nSPS) is 15.0. The van der Waals surface area contributed by atoms with Crippen molar-refractivity contribution >= 4 is 28.5 Å². The smallest absolute Gasteiger partial charge is 0.161 e. The molecule has 0 spiro atoms. The highest BCUT2D eigenvalue weighted by atomic mass is 35.5. The Hall–Kier alpha value is -2.21. The number of halogens is 1. The molecular formula is C14H13ClN6. The summed E-state index contributed by atoms with van der Waals surface area (Å²) in [6, 6.07) is 5.90. The van der Waals surface area contributed by atoms with E-state index < -0.39 is 0 Å². The van der Waals surface area contributed by atoms with Crippen molar-refractivity contribution in [1.29, 1.82) is 0 Å². The summed E-state index contributed by atoms with van der Waals surface area (Å²) in [5.41, 5.74) is 1.83. The second-order valence-corrected chi connectivity index (χ2v) is 5.53. The standard InChI is InChI=1S/C14H13ClN6/c15-11-6-10-2-3-13(18-14(10)16-7-11)20-4-1-5-21-12(9-20)8-17-19-21/h2-3,6-8H,1,4-5,9H2. The predicted octanol–water partition coefficient (Wildman–Crippen LogP) is 2.29. The van der Waals surface area contributed by atoms with E-state index in [1.165, 1.54) is 0 Å². The number of nitrogens with zero attached hydrogens (tertiary/aromatic N) is 6. The molecule has 21 heavy (non-hydrogen) atoms. The van der Waals surface area contributed by atoms with Crippen LogP contribution in [0.1, 0.15) is 12.1 Å². The molecule has 0 N–H and O–H groups in total. The van der Waals surface area contributed by atoms with Gasteiger partial charge in [0.2, 0.25) is 0 Å². The van der Waals surface area contributed by atoms with E-state index in [4.69, 9.17) is 11.6 Å². The van der Waals surface area contributed by atoms with Crippen LogP contribution in [0.3, 0.4) is 0 Å². The van der Waals surface area contributed by atoms with Crippen LogP contribution >= 0.6 is 11.6 Å². The van der Waals surface area contributed by atoms with Crippen LogP contribution in [0.15, 0.2) is 30.6 Å². The molecule has 1 aliphatic heterocycles. The number of fused-ring (bicyclic) bond motifs is 2. The molecule has 7 heteroatoms. The number of aryl methyl sites for hydroxylation is 1. The van der Waals surface area contributed by atoms with Gasteiger partial charge in [0.05, 0.1) is 23.5 Å². The first-order valence-electron chi connectivity index (χ1n) is 6.84. The first-order chi connectivity index (χ1) is 10.3. The van der Waals surface area contributed by atoms with Gasteiger partial charge in [0.15, 0.2) is 5.65 Å². The van der Waals surface area contributed by atoms with Crippen LogP contribution in [0.25, 0.3) is 11.0 Å². The number of pyridine rings is 2. The van der Waals surface area contributed by atoms with E-state index in [2.05, 4.69) is 25.2 Å². The van der Waals surface area contributed by atoms with E-state index in [1.807, 2.05) is 29.1 Å². The molecule has 0 aromatic carbocycles. The maximum Gasteiger partial charge on any atom is 0.161 e. The first-order valence-corrected chi connectivity index (χ1v) is 7.22. The van der Waals surface area contributed by atoms with Gasteiger partial charge in [-0.25, -0.2) is 14.6 Å². The number of anilines is 1. The topological polar surface area (TPSA) is 59.7 Å². The molecule has 4 rings (SSSR count). The number of hydrogen-bond donors (Lipinski definition) is 0. The van der Waals surface area contributed by atoms with Gasteiger partial charge in [-0.3, -0.25) is 0 Å². The molecule has 0 bridgehead atoms. The second-order valence-electron chi connectivity index (χ2n) is 5.09. The summed E-state index contributed by atoms with van der Waals surface area (Å²) in [4.78, 5) is 11.2. The Kier molecular flexibility index (Phi) is 2.96. The summed E-state index contributed by atoms with van der Waals surface area (Å²) in [6.45, 7) is 2.60. The van der Waals surface area contributed by atoms with Gasteiger partial charge in [-0.15, -0.1) is 5.10 Å². The zero-order chi connectivity index (χ0) is 14.2. The highest BCUT2D eigenvalue weighted by Gasteiger charge is 2.17. The molecular weight excluding hydrogens is 288 g/mol. The van der Waals surface area contributed by atoms with Gasteiger partial charge in [-0.2, -0.15) is 0 Å². The van der Waals surface area contributed by atoms with Gasteiger partial charge < -0.3 is 4.90 Å². The second kappa shape index (κ2) is 4.96. The monoisotopic (exact) mass is 300 g/mol. The van der Waals surface area contributed by atoms with E-state index in [0.717, 1.165) is 43.0 Å².